The number of rotatable bonds is 4. The Kier molecular flexibility index (Phi) is 4.43. The Morgan fingerprint density at radius 1 is 1.59 bits per heavy atom. The Morgan fingerprint density at radius 3 is 2.82 bits per heavy atom. The topological polar surface area (TPSA) is 96.0 Å². The van der Waals surface area contributed by atoms with Crippen molar-refractivity contribution in [1.82, 2.24) is 5.32 Å². The molecule has 0 fully saturated rings. The van der Waals surface area contributed by atoms with Crippen molar-refractivity contribution in [3.63, 3.8) is 0 Å². The van der Waals surface area contributed by atoms with Crippen LogP contribution in [0.15, 0.2) is 18.2 Å². The monoisotopic (exact) mass is 253 g/mol. The summed E-state index contributed by atoms with van der Waals surface area (Å²) in [4.78, 5) is 21.4. The summed E-state index contributed by atoms with van der Waals surface area (Å²) in [5, 5.41) is 21.2. The molecule has 0 saturated heterocycles. The van der Waals surface area contributed by atoms with Crippen LogP contribution in [0.25, 0.3) is 0 Å². The highest BCUT2D eigenvalue weighted by atomic mass is 35.5. The molecule has 0 spiro atoms. The number of carbonyl (C=O) groups is 1. The molecule has 88 valence electrons. The number of nitrogens with zero attached hydrogens (tertiary/aromatic N) is 2. The van der Waals surface area contributed by atoms with Crippen molar-refractivity contribution in [3.8, 4) is 6.07 Å². The quantitative estimate of drug-likeness (QED) is 0.503. The van der Waals surface area contributed by atoms with Gasteiger partial charge in [0.2, 0.25) is 0 Å². The van der Waals surface area contributed by atoms with E-state index >= 15 is 0 Å². The van der Waals surface area contributed by atoms with Gasteiger partial charge in [-0.25, -0.2) is 0 Å². The fraction of sp³-hybridized carbons (Fsp3) is 0.200. The van der Waals surface area contributed by atoms with Crippen molar-refractivity contribution in [2.75, 3.05) is 6.54 Å². The van der Waals surface area contributed by atoms with Crippen LogP contribution in [-0.4, -0.2) is 17.4 Å². The Balaban J connectivity index is 2.82. The lowest BCUT2D eigenvalue weighted by Gasteiger charge is -2.04. The lowest BCUT2D eigenvalue weighted by Crippen LogP contribution is -2.24. The summed E-state index contributed by atoms with van der Waals surface area (Å²) in [5.74, 6) is -0.458. The van der Waals surface area contributed by atoms with Gasteiger partial charge in [0, 0.05) is 18.7 Å². The van der Waals surface area contributed by atoms with E-state index in [1.807, 2.05) is 6.07 Å². The van der Waals surface area contributed by atoms with Gasteiger partial charge in [-0.2, -0.15) is 5.26 Å². The summed E-state index contributed by atoms with van der Waals surface area (Å²) in [6.45, 7) is 0.211. The Bertz CT molecular complexity index is 496. The number of nitro groups is 1. The molecule has 0 unspecified atom stereocenters. The van der Waals surface area contributed by atoms with E-state index in [0.29, 0.717) is 0 Å². The van der Waals surface area contributed by atoms with Gasteiger partial charge in [0.15, 0.2) is 0 Å². The number of nitro benzene ring substituents is 1. The van der Waals surface area contributed by atoms with Gasteiger partial charge < -0.3 is 5.32 Å². The molecule has 0 saturated carbocycles. The molecule has 1 aromatic carbocycles. The minimum absolute atomic E-state index is 0.00802. The van der Waals surface area contributed by atoms with Crippen molar-refractivity contribution in [2.45, 2.75) is 6.42 Å². The van der Waals surface area contributed by atoms with Crippen molar-refractivity contribution >= 4 is 23.2 Å². The third-order valence-corrected chi connectivity index (χ3v) is 2.24. The van der Waals surface area contributed by atoms with Gasteiger partial charge in [0.1, 0.15) is 0 Å². The number of benzene rings is 1. The highest BCUT2D eigenvalue weighted by Crippen LogP contribution is 2.22. The van der Waals surface area contributed by atoms with E-state index in [-0.39, 0.29) is 29.2 Å². The maximum atomic E-state index is 11.5. The van der Waals surface area contributed by atoms with Crippen LogP contribution in [0.1, 0.15) is 16.8 Å². The summed E-state index contributed by atoms with van der Waals surface area (Å²) in [6, 6.07) is 5.47. The molecule has 0 atom stereocenters. The van der Waals surface area contributed by atoms with E-state index in [4.69, 9.17) is 16.9 Å². The van der Waals surface area contributed by atoms with Gasteiger partial charge in [-0.1, -0.05) is 11.6 Å². The zero-order valence-electron chi connectivity index (χ0n) is 8.64. The number of nitriles is 1. The number of hydrogen-bond donors (Lipinski definition) is 1. The Hall–Kier alpha value is -2.13. The first-order valence-electron chi connectivity index (χ1n) is 4.65. The molecule has 1 amide bonds. The van der Waals surface area contributed by atoms with E-state index < -0.39 is 10.8 Å². The predicted octanol–water partition coefficient (Wildman–Crippen LogP) is 1.89. The molecule has 6 nitrogen and oxygen atoms in total. The average molecular weight is 254 g/mol. The van der Waals surface area contributed by atoms with E-state index in [2.05, 4.69) is 5.32 Å². The first-order chi connectivity index (χ1) is 8.06. The molecule has 0 aromatic heterocycles. The van der Waals surface area contributed by atoms with Crippen LogP contribution in [0, 0.1) is 21.4 Å². The number of non-ortho nitro benzene ring substituents is 1. The molecule has 0 aliphatic heterocycles. The van der Waals surface area contributed by atoms with Crippen LogP contribution < -0.4 is 5.32 Å². The molecule has 17 heavy (non-hydrogen) atoms. The van der Waals surface area contributed by atoms with Crippen molar-refractivity contribution in [3.05, 3.63) is 38.9 Å². The number of hydrogen-bond acceptors (Lipinski definition) is 4. The maximum absolute atomic E-state index is 11.5. The molecule has 1 aromatic rings. The standard InChI is InChI=1S/C10H8ClN3O3/c11-9-6-7(14(16)17)2-3-8(9)10(15)13-5-1-4-12/h2-3,6H,1,5H2,(H,13,15). The van der Waals surface area contributed by atoms with Gasteiger partial charge in [-0.15, -0.1) is 0 Å². The SMILES string of the molecule is N#CCCNC(=O)c1ccc([N+](=O)[O-])cc1Cl. The van der Waals surface area contributed by atoms with E-state index in [9.17, 15) is 14.9 Å². The Morgan fingerprint density at radius 2 is 2.29 bits per heavy atom. The molecule has 0 aliphatic carbocycles. The third-order valence-electron chi connectivity index (χ3n) is 1.93. The molecule has 1 N–H and O–H groups in total. The highest BCUT2D eigenvalue weighted by Gasteiger charge is 2.14. The molecule has 0 radical (unpaired) electrons. The van der Waals surface area contributed by atoms with Crippen LogP contribution in [0.3, 0.4) is 0 Å². The van der Waals surface area contributed by atoms with Crippen molar-refractivity contribution in [1.29, 1.82) is 5.26 Å². The summed E-state index contributed by atoms with van der Waals surface area (Å²) < 4.78 is 0. The minimum atomic E-state index is -0.594. The molecule has 1 rings (SSSR count). The largest absolute Gasteiger partial charge is 0.351 e. The lowest BCUT2D eigenvalue weighted by atomic mass is 10.2. The fourth-order valence-electron chi connectivity index (χ4n) is 1.13. The minimum Gasteiger partial charge on any atom is -0.351 e. The van der Waals surface area contributed by atoms with Gasteiger partial charge in [0.05, 0.1) is 28.0 Å². The first kappa shape index (κ1) is 12.9. The second-order valence-electron chi connectivity index (χ2n) is 3.09. The van der Waals surface area contributed by atoms with Gasteiger partial charge in [0.25, 0.3) is 11.6 Å². The average Bonchev–Trinajstić information content (AvgIpc) is 2.28. The summed E-state index contributed by atoms with van der Waals surface area (Å²) in [5.41, 5.74) is -0.0289. The fourth-order valence-corrected chi connectivity index (χ4v) is 1.39. The van der Waals surface area contributed by atoms with Crippen LogP contribution in [0.2, 0.25) is 5.02 Å². The second-order valence-corrected chi connectivity index (χ2v) is 3.49. The zero-order valence-corrected chi connectivity index (χ0v) is 9.40. The predicted molar refractivity (Wildman–Crippen MR) is 60.7 cm³/mol. The van der Waals surface area contributed by atoms with Gasteiger partial charge in [-0.05, 0) is 6.07 Å². The van der Waals surface area contributed by atoms with E-state index in [1.54, 1.807) is 0 Å². The van der Waals surface area contributed by atoms with E-state index in [1.165, 1.54) is 12.1 Å². The summed E-state index contributed by atoms with van der Waals surface area (Å²) in [7, 11) is 0. The molecule has 7 heteroatoms. The summed E-state index contributed by atoms with van der Waals surface area (Å²) in [6.07, 6.45) is 0.191. The number of nitrogens with one attached hydrogen (secondary N) is 1. The zero-order chi connectivity index (χ0) is 12.8. The first-order valence-corrected chi connectivity index (χ1v) is 5.03. The summed E-state index contributed by atoms with van der Waals surface area (Å²) >= 11 is 5.75. The molecule has 0 aliphatic rings. The smallest absolute Gasteiger partial charge is 0.270 e. The molecular weight excluding hydrogens is 246 g/mol. The van der Waals surface area contributed by atoms with Crippen LogP contribution >= 0.6 is 11.6 Å². The lowest BCUT2D eigenvalue weighted by molar-refractivity contribution is -0.384. The van der Waals surface area contributed by atoms with Crippen LogP contribution in [0.5, 0.6) is 0 Å². The van der Waals surface area contributed by atoms with Gasteiger partial charge in [-0.3, -0.25) is 14.9 Å². The van der Waals surface area contributed by atoms with E-state index in [0.717, 1.165) is 6.07 Å². The number of carbonyl (C=O) groups excluding carboxylic acids is 1. The normalized spacial score (nSPS) is 9.41. The van der Waals surface area contributed by atoms with Crippen molar-refractivity contribution < 1.29 is 9.72 Å². The molecule has 0 heterocycles. The second kappa shape index (κ2) is 5.82. The highest BCUT2D eigenvalue weighted by molar-refractivity contribution is 6.34. The van der Waals surface area contributed by atoms with Crippen LogP contribution in [0.4, 0.5) is 5.69 Å². The molecular formula is C10H8ClN3O3. The van der Waals surface area contributed by atoms with Crippen LogP contribution in [-0.2, 0) is 0 Å². The molecule has 0 bridgehead atoms. The number of halogens is 1. The maximum Gasteiger partial charge on any atom is 0.270 e. The Labute approximate surface area is 102 Å². The van der Waals surface area contributed by atoms with Crippen molar-refractivity contribution in [2.24, 2.45) is 0 Å². The third kappa shape index (κ3) is 3.43. The number of amides is 1. The van der Waals surface area contributed by atoms with Gasteiger partial charge >= 0.3 is 0 Å².